The monoisotopic (exact) mass is 390 g/mol. The summed E-state index contributed by atoms with van der Waals surface area (Å²) in [6.45, 7) is 2.83. The van der Waals surface area contributed by atoms with Gasteiger partial charge in [0.2, 0.25) is 5.91 Å². The highest BCUT2D eigenvalue weighted by Gasteiger charge is 2.32. The van der Waals surface area contributed by atoms with Gasteiger partial charge in [0.1, 0.15) is 0 Å². The molecule has 0 radical (unpaired) electrons. The molecule has 0 aromatic heterocycles. The van der Waals surface area contributed by atoms with E-state index in [0.29, 0.717) is 35.0 Å². The summed E-state index contributed by atoms with van der Waals surface area (Å²) in [5.41, 5.74) is 1.06. The molecule has 0 spiro atoms. The van der Waals surface area contributed by atoms with Crippen LogP contribution in [0.1, 0.15) is 44.1 Å². The van der Waals surface area contributed by atoms with Crippen molar-refractivity contribution >= 4 is 41.5 Å². The van der Waals surface area contributed by atoms with Crippen molar-refractivity contribution < 1.29 is 4.79 Å². The van der Waals surface area contributed by atoms with Crippen molar-refractivity contribution in [3.8, 4) is 0 Å². The number of benzene rings is 1. The first-order valence-corrected chi connectivity index (χ1v) is 9.33. The van der Waals surface area contributed by atoms with Crippen molar-refractivity contribution in [3.63, 3.8) is 0 Å². The molecule has 1 saturated heterocycles. The van der Waals surface area contributed by atoms with Crippen molar-refractivity contribution in [1.29, 1.82) is 0 Å². The van der Waals surface area contributed by atoms with E-state index in [-0.39, 0.29) is 18.3 Å². The third-order valence-electron chi connectivity index (χ3n) is 4.87. The number of halogens is 3. The van der Waals surface area contributed by atoms with Crippen molar-refractivity contribution in [2.24, 2.45) is 5.92 Å². The Kier molecular flexibility index (Phi) is 7.67. The lowest BCUT2D eigenvalue weighted by atomic mass is 9.93. The molecule has 1 amide bonds. The largest absolute Gasteiger partial charge is 0.335 e. The van der Waals surface area contributed by atoms with E-state index in [1.54, 1.807) is 0 Å². The molecule has 1 aliphatic carbocycles. The maximum atomic E-state index is 12.7. The van der Waals surface area contributed by atoms with Crippen molar-refractivity contribution in [2.45, 2.75) is 51.1 Å². The summed E-state index contributed by atoms with van der Waals surface area (Å²) >= 11 is 12.1. The van der Waals surface area contributed by atoms with E-state index in [9.17, 15) is 4.79 Å². The van der Waals surface area contributed by atoms with Gasteiger partial charge in [-0.05, 0) is 68.8 Å². The van der Waals surface area contributed by atoms with Gasteiger partial charge in [-0.15, -0.1) is 12.4 Å². The van der Waals surface area contributed by atoms with E-state index in [2.05, 4.69) is 5.32 Å². The van der Waals surface area contributed by atoms with E-state index in [1.165, 1.54) is 12.8 Å². The molecule has 2 fully saturated rings. The van der Waals surface area contributed by atoms with Crippen LogP contribution in [0, 0.1) is 5.92 Å². The van der Waals surface area contributed by atoms with Crippen LogP contribution >= 0.6 is 35.6 Å². The maximum absolute atomic E-state index is 12.7. The number of carbonyl (C=O) groups excluding carboxylic acids is 1. The van der Waals surface area contributed by atoms with Crippen LogP contribution in [-0.4, -0.2) is 29.9 Å². The van der Waals surface area contributed by atoms with Gasteiger partial charge in [-0.3, -0.25) is 4.79 Å². The summed E-state index contributed by atoms with van der Waals surface area (Å²) in [5, 5.41) is 4.50. The molecular formula is C18H25Cl3N2O. The number of hydrogen-bond donors (Lipinski definition) is 1. The lowest BCUT2D eigenvalue weighted by molar-refractivity contribution is -0.132. The Morgan fingerprint density at radius 1 is 1.12 bits per heavy atom. The molecule has 0 bridgehead atoms. The third kappa shape index (κ3) is 5.52. The van der Waals surface area contributed by atoms with Crippen molar-refractivity contribution in [1.82, 2.24) is 10.2 Å². The van der Waals surface area contributed by atoms with Gasteiger partial charge in [-0.25, -0.2) is 0 Å². The van der Waals surface area contributed by atoms with Crippen LogP contribution in [0.3, 0.4) is 0 Å². The SMILES string of the molecule is Cl.O=C(CCC1CCNCC1)N(Cc1ccc(Cl)c(Cl)c1)C1CC1. The number of nitrogens with one attached hydrogen (secondary N) is 1. The first-order chi connectivity index (χ1) is 11.1. The average molecular weight is 392 g/mol. The van der Waals surface area contributed by atoms with E-state index >= 15 is 0 Å². The van der Waals surface area contributed by atoms with E-state index < -0.39 is 0 Å². The van der Waals surface area contributed by atoms with Crippen LogP contribution in [-0.2, 0) is 11.3 Å². The first kappa shape index (κ1) is 19.8. The molecule has 1 aromatic carbocycles. The highest BCUT2D eigenvalue weighted by atomic mass is 35.5. The lowest BCUT2D eigenvalue weighted by Crippen LogP contribution is -2.33. The van der Waals surface area contributed by atoms with Gasteiger partial charge in [0, 0.05) is 19.0 Å². The molecule has 134 valence electrons. The van der Waals surface area contributed by atoms with Gasteiger partial charge in [0.05, 0.1) is 10.0 Å². The number of carbonyl (C=O) groups is 1. The fourth-order valence-corrected chi connectivity index (χ4v) is 3.60. The molecule has 24 heavy (non-hydrogen) atoms. The molecule has 0 unspecified atom stereocenters. The fourth-order valence-electron chi connectivity index (χ4n) is 3.28. The zero-order chi connectivity index (χ0) is 16.2. The minimum atomic E-state index is 0. The molecule has 1 saturated carbocycles. The quantitative estimate of drug-likeness (QED) is 0.763. The van der Waals surface area contributed by atoms with Crippen LogP contribution in [0.25, 0.3) is 0 Å². The fraction of sp³-hybridized carbons (Fsp3) is 0.611. The standard InChI is InChI=1S/C18H24Cl2N2O.ClH/c19-16-5-1-14(11-17(16)20)12-22(15-3-4-15)18(23)6-2-13-7-9-21-10-8-13;/h1,5,11,13,15,21H,2-4,6-10,12H2;1H. The van der Waals surface area contributed by atoms with E-state index in [4.69, 9.17) is 23.2 Å². The van der Waals surface area contributed by atoms with Gasteiger partial charge in [0.25, 0.3) is 0 Å². The predicted molar refractivity (Wildman–Crippen MR) is 102 cm³/mol. The van der Waals surface area contributed by atoms with Crippen molar-refractivity contribution in [3.05, 3.63) is 33.8 Å². The minimum absolute atomic E-state index is 0. The normalized spacial score (nSPS) is 18.1. The summed E-state index contributed by atoms with van der Waals surface area (Å²) in [4.78, 5) is 14.7. The molecule has 1 aliphatic heterocycles. The molecule has 3 rings (SSSR count). The number of hydrogen-bond acceptors (Lipinski definition) is 2. The average Bonchev–Trinajstić information content (AvgIpc) is 3.39. The van der Waals surface area contributed by atoms with E-state index in [1.807, 2.05) is 23.1 Å². The summed E-state index contributed by atoms with van der Waals surface area (Å²) < 4.78 is 0. The van der Waals surface area contributed by atoms with Crippen LogP contribution in [0.4, 0.5) is 0 Å². The molecular weight excluding hydrogens is 367 g/mol. The maximum Gasteiger partial charge on any atom is 0.223 e. The number of nitrogens with zero attached hydrogens (tertiary/aromatic N) is 1. The van der Waals surface area contributed by atoms with Crippen LogP contribution < -0.4 is 5.32 Å². The Labute approximate surface area is 160 Å². The predicted octanol–water partition coefficient (Wildman–Crippen LogP) is 4.69. The summed E-state index contributed by atoms with van der Waals surface area (Å²) in [5.74, 6) is 0.989. The van der Waals surface area contributed by atoms with Gasteiger partial charge < -0.3 is 10.2 Å². The molecule has 1 aromatic rings. The summed E-state index contributed by atoms with van der Waals surface area (Å²) in [7, 11) is 0. The van der Waals surface area contributed by atoms with Gasteiger partial charge in [-0.1, -0.05) is 29.3 Å². The zero-order valence-corrected chi connectivity index (χ0v) is 16.1. The van der Waals surface area contributed by atoms with Crippen LogP contribution in [0.15, 0.2) is 18.2 Å². The molecule has 2 aliphatic rings. The molecule has 1 heterocycles. The number of piperidine rings is 1. The van der Waals surface area contributed by atoms with Crippen molar-refractivity contribution in [2.75, 3.05) is 13.1 Å². The summed E-state index contributed by atoms with van der Waals surface area (Å²) in [6, 6.07) is 6.07. The Morgan fingerprint density at radius 3 is 2.46 bits per heavy atom. The second-order valence-electron chi connectivity index (χ2n) is 6.73. The first-order valence-electron chi connectivity index (χ1n) is 8.57. The minimum Gasteiger partial charge on any atom is -0.335 e. The Hall–Kier alpha value is -0.480. The Morgan fingerprint density at radius 2 is 1.83 bits per heavy atom. The number of amides is 1. The van der Waals surface area contributed by atoms with E-state index in [0.717, 1.165) is 37.9 Å². The highest BCUT2D eigenvalue weighted by Crippen LogP contribution is 2.31. The second-order valence-corrected chi connectivity index (χ2v) is 7.55. The molecule has 1 N–H and O–H groups in total. The second kappa shape index (κ2) is 9.28. The number of rotatable bonds is 6. The highest BCUT2D eigenvalue weighted by molar-refractivity contribution is 6.42. The third-order valence-corrected chi connectivity index (χ3v) is 5.61. The van der Waals surface area contributed by atoms with Gasteiger partial charge in [0.15, 0.2) is 0 Å². The lowest BCUT2D eigenvalue weighted by Gasteiger charge is -2.26. The molecule has 0 atom stereocenters. The molecule has 3 nitrogen and oxygen atoms in total. The Bertz CT molecular complexity index is 557. The van der Waals surface area contributed by atoms with Gasteiger partial charge >= 0.3 is 0 Å². The Balaban J connectivity index is 0.00000208. The zero-order valence-electron chi connectivity index (χ0n) is 13.8. The van der Waals surface area contributed by atoms with Gasteiger partial charge in [-0.2, -0.15) is 0 Å². The van der Waals surface area contributed by atoms with Crippen LogP contribution in [0.2, 0.25) is 10.0 Å². The smallest absolute Gasteiger partial charge is 0.223 e. The molecule has 6 heteroatoms. The topological polar surface area (TPSA) is 32.3 Å². The summed E-state index contributed by atoms with van der Waals surface area (Å²) in [6.07, 6.45) is 6.33. The van der Waals surface area contributed by atoms with Crippen LogP contribution in [0.5, 0.6) is 0 Å².